The molecular weight excluding hydrogens is 307 g/mol. The van der Waals surface area contributed by atoms with Crippen LogP contribution in [0.2, 0.25) is 0 Å². The van der Waals surface area contributed by atoms with E-state index in [2.05, 4.69) is 10.1 Å². The third kappa shape index (κ3) is 10.4. The first-order valence-corrected chi connectivity index (χ1v) is 7.63. The van der Waals surface area contributed by atoms with Crippen molar-refractivity contribution in [2.45, 2.75) is 33.1 Å². The molecule has 2 atom stereocenters. The molecule has 2 aliphatic rings. The van der Waals surface area contributed by atoms with E-state index in [0.29, 0.717) is 19.1 Å². The van der Waals surface area contributed by atoms with Gasteiger partial charge in [-0.3, -0.25) is 0 Å². The fourth-order valence-electron chi connectivity index (χ4n) is 2.59. The minimum absolute atomic E-state index is 0. The Hall–Kier alpha value is -0.960. The maximum atomic E-state index is 11.1. The number of carbonyl (C=O) groups is 1. The molecule has 0 aromatic carbocycles. The van der Waals surface area contributed by atoms with Crippen LogP contribution in [0.1, 0.15) is 34.5 Å². The third-order valence-electron chi connectivity index (χ3n) is 3.87. The van der Waals surface area contributed by atoms with Gasteiger partial charge in [0.1, 0.15) is 0 Å². The van der Waals surface area contributed by atoms with E-state index in [1.54, 1.807) is 4.90 Å². The van der Waals surface area contributed by atoms with Gasteiger partial charge in [-0.15, -0.1) is 0 Å². The summed E-state index contributed by atoms with van der Waals surface area (Å²) in [6, 6.07) is 0. The van der Waals surface area contributed by atoms with Gasteiger partial charge in [0, 0.05) is 34.3 Å². The van der Waals surface area contributed by atoms with Gasteiger partial charge in [0.05, 0.1) is 7.11 Å². The lowest BCUT2D eigenvalue weighted by Gasteiger charge is -2.30. The highest BCUT2D eigenvalue weighted by atomic mass is 19.3. The van der Waals surface area contributed by atoms with Gasteiger partial charge in [0.2, 0.25) is 0 Å². The summed E-state index contributed by atoms with van der Waals surface area (Å²) >= 11 is 0. The molecule has 8 heteroatoms. The van der Waals surface area contributed by atoms with E-state index in [9.17, 15) is 4.79 Å². The third-order valence-corrected chi connectivity index (χ3v) is 3.87. The predicted molar refractivity (Wildman–Crippen MR) is 88.6 cm³/mol. The van der Waals surface area contributed by atoms with E-state index in [-0.39, 0.29) is 27.5 Å². The second-order valence-corrected chi connectivity index (χ2v) is 5.50. The fraction of sp³-hybridized carbons (Fsp3) is 0.933. The Bertz CT molecular complexity index is 285. The minimum Gasteiger partial charge on any atom is -0.453 e. The molecule has 2 unspecified atom stereocenters. The van der Waals surface area contributed by atoms with Gasteiger partial charge in [-0.2, -0.15) is 0 Å². The number of aliphatic hydroxyl groups is 2. The zero-order chi connectivity index (χ0) is 16.8. The van der Waals surface area contributed by atoms with Crippen LogP contribution in [-0.2, 0) is 4.74 Å². The maximum absolute atomic E-state index is 11.1. The first-order valence-electron chi connectivity index (χ1n) is 7.63. The number of hydrogen-bond acceptors (Lipinski definition) is 6. The monoisotopic (exact) mass is 344 g/mol. The quantitative estimate of drug-likeness (QED) is 0.600. The topological polar surface area (TPSA) is 102 Å². The van der Waals surface area contributed by atoms with E-state index in [0.717, 1.165) is 32.5 Å². The second kappa shape index (κ2) is 15.9. The summed E-state index contributed by atoms with van der Waals surface area (Å²) in [5.74, 6) is 0.765. The van der Waals surface area contributed by atoms with Crippen LogP contribution in [0.4, 0.5) is 9.32 Å². The average Bonchev–Trinajstić information content (AvgIpc) is 2.64. The zero-order valence-corrected chi connectivity index (χ0v) is 13.2. The highest BCUT2D eigenvalue weighted by Gasteiger charge is 2.23. The summed E-state index contributed by atoms with van der Waals surface area (Å²) in [7, 11) is 1.38. The number of nitrogens with one attached hydrogen (secondary N) is 1. The van der Waals surface area contributed by atoms with Gasteiger partial charge in [-0.25, -0.2) is 10.1 Å². The molecule has 0 aromatic rings. The number of likely N-dealkylation sites (tertiary alicyclic amines) is 1. The molecule has 0 radical (unpaired) electrons. The zero-order valence-electron chi connectivity index (χ0n) is 13.2. The summed E-state index contributed by atoms with van der Waals surface area (Å²) in [5, 5.41) is 26.3. The highest BCUT2D eigenvalue weighted by molar-refractivity contribution is 5.67. The van der Waals surface area contributed by atoms with Gasteiger partial charge in [-0.1, -0.05) is 12.0 Å². The lowest BCUT2D eigenvalue weighted by molar-refractivity contribution is -0.0441. The first-order chi connectivity index (χ1) is 10.7. The van der Waals surface area contributed by atoms with Crippen molar-refractivity contribution in [3.63, 3.8) is 0 Å². The molecular formula is C15H35FN2O5. The van der Waals surface area contributed by atoms with Crippen LogP contribution in [-0.4, -0.2) is 73.0 Å². The van der Waals surface area contributed by atoms with Gasteiger partial charge in [0.15, 0.2) is 0 Å². The van der Waals surface area contributed by atoms with Crippen molar-refractivity contribution >= 4 is 6.09 Å². The fourth-order valence-corrected chi connectivity index (χ4v) is 2.59. The van der Waals surface area contributed by atoms with E-state index in [1.807, 2.05) is 0 Å². The van der Waals surface area contributed by atoms with Crippen molar-refractivity contribution in [3.05, 3.63) is 0 Å². The molecule has 0 spiro atoms. The Kier molecular flexibility index (Phi) is 16.8. The minimum atomic E-state index is -0.284. The number of hydrogen-bond donors (Lipinski definition) is 4. The molecule has 0 aliphatic carbocycles. The SMILES string of the molecule is C.COC(=O)N1CCCC(CO)C1.OCC1CCCNC1.OF.[3HH]. The van der Waals surface area contributed by atoms with Gasteiger partial charge >= 0.3 is 6.09 Å². The maximum Gasteiger partial charge on any atom is 0.409 e. The second-order valence-electron chi connectivity index (χ2n) is 5.50. The van der Waals surface area contributed by atoms with Crippen molar-refractivity contribution in [2.24, 2.45) is 11.8 Å². The molecule has 0 aromatic heterocycles. The molecule has 0 saturated carbocycles. The molecule has 7 nitrogen and oxygen atoms in total. The summed E-state index contributed by atoms with van der Waals surface area (Å²) in [4.78, 5) is 12.7. The van der Waals surface area contributed by atoms with Gasteiger partial charge in [0.25, 0.3) is 0 Å². The smallest absolute Gasteiger partial charge is 0.409 e. The Balaban J connectivity index is -0.000000325. The van der Waals surface area contributed by atoms with E-state index in [4.69, 9.17) is 20.1 Å². The Morgan fingerprint density at radius 3 is 2.30 bits per heavy atom. The van der Waals surface area contributed by atoms with Crippen molar-refractivity contribution in [2.75, 3.05) is 46.5 Å². The molecule has 2 rings (SSSR count). The van der Waals surface area contributed by atoms with Crippen LogP contribution >= 0.6 is 0 Å². The Morgan fingerprint density at radius 2 is 1.87 bits per heavy atom. The van der Waals surface area contributed by atoms with Gasteiger partial charge in [-0.05, 0) is 44.1 Å². The van der Waals surface area contributed by atoms with Crippen LogP contribution < -0.4 is 5.32 Å². The molecule has 2 heterocycles. The number of methoxy groups -OCH3 is 1. The van der Waals surface area contributed by atoms with E-state index in [1.165, 1.54) is 20.0 Å². The largest absolute Gasteiger partial charge is 0.453 e. The van der Waals surface area contributed by atoms with Crippen molar-refractivity contribution in [3.8, 4) is 0 Å². The highest BCUT2D eigenvalue weighted by Crippen LogP contribution is 2.15. The predicted octanol–water partition coefficient (Wildman–Crippen LogP) is 1.18. The summed E-state index contributed by atoms with van der Waals surface area (Å²) in [6.07, 6.45) is 4.10. The average molecular weight is 344 g/mol. The molecule has 142 valence electrons. The molecule has 0 bridgehead atoms. The van der Waals surface area contributed by atoms with Crippen molar-refractivity contribution in [1.82, 2.24) is 10.2 Å². The number of aliphatic hydroxyl groups excluding tert-OH is 2. The van der Waals surface area contributed by atoms with E-state index >= 15 is 0 Å². The Labute approximate surface area is 139 Å². The number of amides is 1. The molecule has 2 saturated heterocycles. The van der Waals surface area contributed by atoms with Crippen LogP contribution in [0.25, 0.3) is 0 Å². The number of carbonyl (C=O) groups excluding carboxylic acids is 1. The van der Waals surface area contributed by atoms with Crippen LogP contribution in [0, 0.1) is 11.8 Å². The van der Waals surface area contributed by atoms with Crippen LogP contribution in [0.5, 0.6) is 0 Å². The standard InChI is InChI=1S/C8H15NO3.C6H13NO.CH4.FHO.H2/c1-12-8(11)9-4-2-3-7(5-9)6-10;8-5-6-2-1-3-7-4-6;;1-2;/h7,10H,2-6H2,1H3;6-8H,1-5H2;1H4;2H;1H/i;;;;1+2. The van der Waals surface area contributed by atoms with Crippen molar-refractivity contribution < 1.29 is 31.0 Å². The first kappa shape index (κ1) is 24.3. The number of nitrogens with zero attached hydrogens (tertiary/aromatic N) is 1. The van der Waals surface area contributed by atoms with Crippen molar-refractivity contribution in [1.29, 1.82) is 0 Å². The number of halogens is 1. The number of ether oxygens (including phenoxy) is 1. The van der Waals surface area contributed by atoms with Crippen LogP contribution in [0.3, 0.4) is 0 Å². The summed E-state index contributed by atoms with van der Waals surface area (Å²) < 4.78 is 13.1. The molecule has 23 heavy (non-hydrogen) atoms. The normalized spacial score (nSPS) is 23.3. The summed E-state index contributed by atoms with van der Waals surface area (Å²) in [6.45, 7) is 4.04. The van der Waals surface area contributed by atoms with E-state index < -0.39 is 0 Å². The lowest BCUT2D eigenvalue weighted by Crippen LogP contribution is -2.40. The molecule has 2 aliphatic heterocycles. The number of rotatable bonds is 2. The Morgan fingerprint density at radius 1 is 1.26 bits per heavy atom. The van der Waals surface area contributed by atoms with Gasteiger partial charge < -0.3 is 25.2 Å². The number of piperidine rings is 2. The summed E-state index contributed by atoms with van der Waals surface area (Å²) in [5.41, 5.74) is 0. The lowest BCUT2D eigenvalue weighted by atomic mass is 10.00. The molecule has 4 N–H and O–H groups in total. The molecule has 1 amide bonds. The van der Waals surface area contributed by atoms with Crippen LogP contribution in [0.15, 0.2) is 0 Å². The molecule has 2 fully saturated rings.